The summed E-state index contributed by atoms with van der Waals surface area (Å²) in [7, 11) is 0. The minimum absolute atomic E-state index is 0.183. The maximum Gasteiger partial charge on any atom is 0.404 e. The van der Waals surface area contributed by atoms with Gasteiger partial charge < -0.3 is 4.74 Å². The van der Waals surface area contributed by atoms with E-state index in [9.17, 15) is 4.79 Å². The summed E-state index contributed by atoms with van der Waals surface area (Å²) in [6, 6.07) is 5.72. The lowest BCUT2D eigenvalue weighted by molar-refractivity contribution is 0.186. The highest BCUT2D eigenvalue weighted by Gasteiger charge is 1.87. The van der Waals surface area contributed by atoms with E-state index in [1.54, 1.807) is 12.4 Å². The SMILES string of the molecule is C=CCOC(=O)Cl.c1ccncc1. The molecule has 3 nitrogen and oxygen atoms in total. The molecular formula is C9H10ClNO2. The Balaban J connectivity index is 0.000000223. The molecule has 0 aromatic carbocycles. The molecule has 0 amide bonds. The predicted molar refractivity (Wildman–Crippen MR) is 51.6 cm³/mol. The van der Waals surface area contributed by atoms with Crippen LogP contribution in [-0.2, 0) is 4.74 Å². The molecule has 0 aliphatic heterocycles. The van der Waals surface area contributed by atoms with Crippen molar-refractivity contribution in [3.8, 4) is 0 Å². The summed E-state index contributed by atoms with van der Waals surface area (Å²) in [6.45, 7) is 3.48. The Bertz CT molecular complexity index is 212. The smallest absolute Gasteiger partial charge is 0.404 e. The van der Waals surface area contributed by atoms with Crippen LogP contribution in [-0.4, -0.2) is 17.0 Å². The van der Waals surface area contributed by atoms with E-state index in [1.807, 2.05) is 18.2 Å². The zero-order valence-electron chi connectivity index (χ0n) is 7.02. The van der Waals surface area contributed by atoms with E-state index in [1.165, 1.54) is 6.08 Å². The standard InChI is InChI=1S/C5H5N.C4H5ClO2/c1-2-4-6-5-3-1;1-2-3-7-4(5)6/h1-5H;2H,1,3H2. The minimum atomic E-state index is -0.792. The number of nitrogens with zero attached hydrogens (tertiary/aromatic N) is 1. The topological polar surface area (TPSA) is 39.2 Å². The van der Waals surface area contributed by atoms with Gasteiger partial charge in [0.15, 0.2) is 0 Å². The van der Waals surface area contributed by atoms with E-state index in [4.69, 9.17) is 11.6 Å². The highest BCUT2D eigenvalue weighted by atomic mass is 35.5. The van der Waals surface area contributed by atoms with Crippen molar-refractivity contribution in [2.75, 3.05) is 6.61 Å². The molecule has 0 saturated heterocycles. The van der Waals surface area contributed by atoms with Gasteiger partial charge in [-0.25, -0.2) is 4.79 Å². The number of pyridine rings is 1. The normalized spacial score (nSPS) is 7.77. The molecule has 4 heteroatoms. The van der Waals surface area contributed by atoms with E-state index >= 15 is 0 Å². The second-order valence-electron chi connectivity index (χ2n) is 1.86. The number of ether oxygens (including phenoxy) is 1. The van der Waals surface area contributed by atoms with Gasteiger partial charge in [0.05, 0.1) is 0 Å². The molecule has 1 rings (SSSR count). The van der Waals surface area contributed by atoms with Crippen LogP contribution in [0.25, 0.3) is 0 Å². The van der Waals surface area contributed by atoms with Crippen molar-refractivity contribution in [3.63, 3.8) is 0 Å². The predicted octanol–water partition coefficient (Wildman–Crippen LogP) is 2.63. The fourth-order valence-electron chi connectivity index (χ4n) is 0.437. The summed E-state index contributed by atoms with van der Waals surface area (Å²) in [4.78, 5) is 13.5. The molecule has 1 aromatic rings. The molecule has 1 heterocycles. The van der Waals surface area contributed by atoms with Gasteiger partial charge in [-0.15, -0.1) is 0 Å². The fraction of sp³-hybridized carbons (Fsp3) is 0.111. The maximum absolute atomic E-state index is 9.70. The van der Waals surface area contributed by atoms with Crippen molar-refractivity contribution in [2.45, 2.75) is 0 Å². The third kappa shape index (κ3) is 10.7. The van der Waals surface area contributed by atoms with Gasteiger partial charge in [-0.2, -0.15) is 0 Å². The average molecular weight is 200 g/mol. The monoisotopic (exact) mass is 199 g/mol. The Labute approximate surface area is 82.0 Å². The van der Waals surface area contributed by atoms with Gasteiger partial charge in [-0.05, 0) is 12.1 Å². The minimum Gasteiger partial charge on any atom is -0.449 e. The average Bonchev–Trinajstić information content (AvgIpc) is 2.18. The van der Waals surface area contributed by atoms with Crippen molar-refractivity contribution in [1.29, 1.82) is 0 Å². The van der Waals surface area contributed by atoms with E-state index < -0.39 is 5.43 Å². The number of halogens is 1. The Kier molecular flexibility index (Phi) is 7.84. The molecule has 0 atom stereocenters. The summed E-state index contributed by atoms with van der Waals surface area (Å²) in [5.74, 6) is 0. The molecule has 0 unspecified atom stereocenters. The molecule has 0 aliphatic rings. The van der Waals surface area contributed by atoms with E-state index in [-0.39, 0.29) is 6.61 Å². The highest BCUT2D eigenvalue weighted by Crippen LogP contribution is 1.84. The van der Waals surface area contributed by atoms with Crippen LogP contribution in [0.5, 0.6) is 0 Å². The first-order valence-corrected chi connectivity index (χ1v) is 3.93. The largest absolute Gasteiger partial charge is 0.449 e. The van der Waals surface area contributed by atoms with Gasteiger partial charge in [-0.3, -0.25) is 4.98 Å². The van der Waals surface area contributed by atoms with Crippen LogP contribution in [0, 0.1) is 0 Å². The Hall–Kier alpha value is -1.35. The van der Waals surface area contributed by atoms with E-state index in [2.05, 4.69) is 16.3 Å². The molecule has 0 saturated carbocycles. The van der Waals surface area contributed by atoms with Crippen LogP contribution < -0.4 is 0 Å². The molecule has 0 aliphatic carbocycles. The van der Waals surface area contributed by atoms with Gasteiger partial charge >= 0.3 is 5.43 Å². The van der Waals surface area contributed by atoms with Crippen LogP contribution in [0.2, 0.25) is 0 Å². The van der Waals surface area contributed by atoms with Crippen LogP contribution in [0.15, 0.2) is 43.2 Å². The van der Waals surface area contributed by atoms with Crippen molar-refractivity contribution >= 4 is 17.0 Å². The first-order chi connectivity index (χ1) is 6.27. The summed E-state index contributed by atoms with van der Waals surface area (Å²) < 4.78 is 4.20. The fourth-order valence-corrected chi connectivity index (χ4v) is 0.500. The maximum atomic E-state index is 9.70. The Morgan fingerprint density at radius 1 is 1.46 bits per heavy atom. The van der Waals surface area contributed by atoms with Crippen molar-refractivity contribution in [1.82, 2.24) is 4.98 Å². The highest BCUT2D eigenvalue weighted by molar-refractivity contribution is 6.61. The van der Waals surface area contributed by atoms with Crippen LogP contribution in [0.3, 0.4) is 0 Å². The third-order valence-corrected chi connectivity index (χ3v) is 0.990. The number of rotatable bonds is 2. The molecule has 0 N–H and O–H groups in total. The number of hydrogen-bond donors (Lipinski definition) is 0. The second-order valence-corrected chi connectivity index (χ2v) is 2.17. The lowest BCUT2D eigenvalue weighted by Crippen LogP contribution is -1.90. The lowest BCUT2D eigenvalue weighted by Gasteiger charge is -1.88. The Morgan fingerprint density at radius 3 is 2.23 bits per heavy atom. The Morgan fingerprint density at radius 2 is 2.08 bits per heavy atom. The van der Waals surface area contributed by atoms with E-state index in [0.29, 0.717) is 0 Å². The number of aromatic nitrogens is 1. The quantitative estimate of drug-likeness (QED) is 0.543. The number of hydrogen-bond acceptors (Lipinski definition) is 3. The molecule has 0 fully saturated rings. The molecule has 0 bridgehead atoms. The van der Waals surface area contributed by atoms with Gasteiger partial charge in [0, 0.05) is 24.0 Å². The molecular weight excluding hydrogens is 190 g/mol. The summed E-state index contributed by atoms with van der Waals surface area (Å²) in [5.41, 5.74) is -0.792. The van der Waals surface area contributed by atoms with Crippen LogP contribution in [0.1, 0.15) is 0 Å². The van der Waals surface area contributed by atoms with Crippen molar-refractivity contribution in [3.05, 3.63) is 43.2 Å². The van der Waals surface area contributed by atoms with Crippen LogP contribution >= 0.6 is 11.6 Å². The lowest BCUT2D eigenvalue weighted by atomic mass is 10.5. The van der Waals surface area contributed by atoms with Gasteiger partial charge in [0.2, 0.25) is 0 Å². The second kappa shape index (κ2) is 8.74. The molecule has 0 radical (unpaired) electrons. The first kappa shape index (κ1) is 11.6. The van der Waals surface area contributed by atoms with Crippen molar-refractivity contribution in [2.24, 2.45) is 0 Å². The van der Waals surface area contributed by atoms with Crippen molar-refractivity contribution < 1.29 is 9.53 Å². The summed E-state index contributed by atoms with van der Waals surface area (Å²) in [5, 5.41) is 0. The van der Waals surface area contributed by atoms with Gasteiger partial charge in [0.25, 0.3) is 0 Å². The zero-order valence-corrected chi connectivity index (χ0v) is 7.78. The molecule has 1 aromatic heterocycles. The number of carbonyl (C=O) groups excluding carboxylic acids is 1. The molecule has 0 spiro atoms. The third-order valence-electron chi connectivity index (χ3n) is 0.881. The first-order valence-electron chi connectivity index (χ1n) is 3.55. The zero-order chi connectivity index (χ0) is 9.94. The van der Waals surface area contributed by atoms with E-state index in [0.717, 1.165) is 0 Å². The van der Waals surface area contributed by atoms with Gasteiger partial charge in [0.1, 0.15) is 6.61 Å². The van der Waals surface area contributed by atoms with Crippen LogP contribution in [0.4, 0.5) is 4.79 Å². The molecule has 70 valence electrons. The summed E-state index contributed by atoms with van der Waals surface area (Å²) >= 11 is 4.75. The van der Waals surface area contributed by atoms with Gasteiger partial charge in [-0.1, -0.05) is 18.7 Å². The summed E-state index contributed by atoms with van der Waals surface area (Å²) in [6.07, 6.45) is 4.94. The number of carbonyl (C=O) groups is 1. The molecule has 13 heavy (non-hydrogen) atoms.